The number of carboxylic acids is 1. The van der Waals surface area contributed by atoms with Crippen LogP contribution in [0.4, 0.5) is 0 Å². The maximum absolute atomic E-state index is 10.6. The van der Waals surface area contributed by atoms with Crippen molar-refractivity contribution < 1.29 is 24.5 Å². The topological polar surface area (TPSA) is 102 Å². The number of rotatable bonds is 7. The molecule has 0 fully saturated rings. The van der Waals surface area contributed by atoms with E-state index >= 15 is 0 Å². The lowest BCUT2D eigenvalue weighted by atomic mass is 10.0. The van der Waals surface area contributed by atoms with Crippen molar-refractivity contribution in [2.75, 3.05) is 13.7 Å². The van der Waals surface area contributed by atoms with Gasteiger partial charge in [0.2, 0.25) is 0 Å². The lowest BCUT2D eigenvalue weighted by Gasteiger charge is -2.16. The predicted octanol–water partition coefficient (Wildman–Crippen LogP) is 0.409. The van der Waals surface area contributed by atoms with E-state index in [4.69, 9.17) is 20.3 Å². The summed E-state index contributed by atoms with van der Waals surface area (Å²) in [6, 6.07) is 4.34. The van der Waals surface area contributed by atoms with E-state index in [2.05, 4.69) is 0 Å². The normalized spacial score (nSPS) is 13.7. The quantitative estimate of drug-likeness (QED) is 0.662. The minimum Gasteiger partial charge on any atom is -0.493 e. The van der Waals surface area contributed by atoms with Crippen LogP contribution in [-0.4, -0.2) is 42.0 Å². The van der Waals surface area contributed by atoms with E-state index in [1.54, 1.807) is 18.2 Å². The van der Waals surface area contributed by atoms with Gasteiger partial charge >= 0.3 is 5.97 Å². The van der Waals surface area contributed by atoms with Gasteiger partial charge in [-0.15, -0.1) is 0 Å². The molecule has 0 heterocycles. The average molecular weight is 269 g/mol. The first-order valence-electron chi connectivity index (χ1n) is 5.95. The fourth-order valence-corrected chi connectivity index (χ4v) is 1.68. The molecule has 106 valence electrons. The zero-order chi connectivity index (χ0) is 14.4. The number of ether oxygens (including phenoxy) is 2. The Bertz CT molecular complexity index is 435. The summed E-state index contributed by atoms with van der Waals surface area (Å²) in [5.74, 6) is -0.163. The van der Waals surface area contributed by atoms with Gasteiger partial charge in [-0.05, 0) is 31.0 Å². The number of aliphatic hydroxyl groups is 1. The van der Waals surface area contributed by atoms with Gasteiger partial charge < -0.3 is 25.4 Å². The molecule has 0 aromatic heterocycles. The van der Waals surface area contributed by atoms with E-state index < -0.39 is 18.1 Å². The largest absolute Gasteiger partial charge is 0.493 e. The highest BCUT2D eigenvalue weighted by Crippen LogP contribution is 2.28. The molecule has 1 rings (SSSR count). The summed E-state index contributed by atoms with van der Waals surface area (Å²) in [7, 11) is 1.54. The summed E-state index contributed by atoms with van der Waals surface area (Å²) in [5.41, 5.74) is 6.42. The zero-order valence-corrected chi connectivity index (χ0v) is 11.0. The summed E-state index contributed by atoms with van der Waals surface area (Å²) in [5, 5.41) is 18.0. The van der Waals surface area contributed by atoms with E-state index in [0.717, 1.165) is 5.56 Å². The Kier molecular flexibility index (Phi) is 5.59. The summed E-state index contributed by atoms with van der Waals surface area (Å²) in [6.45, 7) is 2.34. The third kappa shape index (κ3) is 4.11. The Labute approximate surface area is 111 Å². The van der Waals surface area contributed by atoms with Crippen LogP contribution in [0.15, 0.2) is 18.2 Å². The molecule has 0 aliphatic carbocycles. The highest BCUT2D eigenvalue weighted by Gasteiger charge is 2.22. The van der Waals surface area contributed by atoms with Gasteiger partial charge in [-0.2, -0.15) is 0 Å². The summed E-state index contributed by atoms with van der Waals surface area (Å²) in [4.78, 5) is 10.6. The Hall–Kier alpha value is -1.79. The molecule has 6 heteroatoms. The molecular formula is C13H19NO5. The van der Waals surface area contributed by atoms with Crippen molar-refractivity contribution in [2.45, 2.75) is 25.5 Å². The first-order chi connectivity index (χ1) is 8.99. The van der Waals surface area contributed by atoms with Gasteiger partial charge in [-0.3, -0.25) is 0 Å². The van der Waals surface area contributed by atoms with Gasteiger partial charge in [0.15, 0.2) is 17.6 Å². The summed E-state index contributed by atoms with van der Waals surface area (Å²) >= 11 is 0. The van der Waals surface area contributed by atoms with Crippen LogP contribution < -0.4 is 15.2 Å². The third-order valence-corrected chi connectivity index (χ3v) is 2.66. The molecule has 0 bridgehead atoms. The molecule has 0 amide bonds. The number of benzene rings is 1. The highest BCUT2D eigenvalue weighted by molar-refractivity contribution is 5.72. The molecule has 1 aromatic carbocycles. The molecule has 0 radical (unpaired) electrons. The zero-order valence-electron chi connectivity index (χ0n) is 11.0. The average Bonchev–Trinajstić information content (AvgIpc) is 2.38. The number of aliphatic hydroxyl groups excluding tert-OH is 1. The Morgan fingerprint density at radius 3 is 2.63 bits per heavy atom. The van der Waals surface area contributed by atoms with Crippen LogP contribution in [0.3, 0.4) is 0 Å². The number of hydrogen-bond donors (Lipinski definition) is 3. The maximum atomic E-state index is 10.6. The molecule has 2 unspecified atom stereocenters. The van der Waals surface area contributed by atoms with Crippen molar-refractivity contribution in [2.24, 2.45) is 5.73 Å². The van der Waals surface area contributed by atoms with Crippen molar-refractivity contribution in [3.05, 3.63) is 23.8 Å². The third-order valence-electron chi connectivity index (χ3n) is 2.66. The number of carboxylic acid groups (broad SMARTS) is 1. The van der Waals surface area contributed by atoms with Gasteiger partial charge in [-0.1, -0.05) is 6.07 Å². The Morgan fingerprint density at radius 1 is 1.42 bits per heavy atom. The van der Waals surface area contributed by atoms with Crippen LogP contribution in [0, 0.1) is 0 Å². The molecule has 0 saturated carbocycles. The SMILES string of the molecule is CCOc1cc(CC(N)C(O)C(=O)O)ccc1OC. The van der Waals surface area contributed by atoms with Crippen LogP contribution in [0.25, 0.3) is 0 Å². The van der Waals surface area contributed by atoms with Crippen molar-refractivity contribution in [3.63, 3.8) is 0 Å². The van der Waals surface area contributed by atoms with Crippen LogP contribution >= 0.6 is 0 Å². The smallest absolute Gasteiger partial charge is 0.334 e. The van der Waals surface area contributed by atoms with E-state index in [0.29, 0.717) is 18.1 Å². The van der Waals surface area contributed by atoms with Gasteiger partial charge in [0, 0.05) is 6.04 Å². The van der Waals surface area contributed by atoms with E-state index in [1.165, 1.54) is 7.11 Å². The molecule has 0 saturated heterocycles. The van der Waals surface area contributed by atoms with Crippen molar-refractivity contribution in [3.8, 4) is 11.5 Å². The van der Waals surface area contributed by atoms with Crippen LogP contribution in [-0.2, 0) is 11.2 Å². The Morgan fingerprint density at radius 2 is 2.11 bits per heavy atom. The number of hydrogen-bond acceptors (Lipinski definition) is 5. The fraction of sp³-hybridized carbons (Fsp3) is 0.462. The minimum atomic E-state index is -1.59. The molecule has 0 aliphatic heterocycles. The van der Waals surface area contributed by atoms with Crippen LogP contribution in [0.5, 0.6) is 11.5 Å². The van der Waals surface area contributed by atoms with Crippen molar-refractivity contribution >= 4 is 5.97 Å². The van der Waals surface area contributed by atoms with Crippen LogP contribution in [0.1, 0.15) is 12.5 Å². The van der Waals surface area contributed by atoms with Crippen molar-refractivity contribution in [1.29, 1.82) is 0 Å². The van der Waals surface area contributed by atoms with Gasteiger partial charge in [-0.25, -0.2) is 4.79 Å². The molecule has 19 heavy (non-hydrogen) atoms. The number of nitrogens with two attached hydrogens (primary N) is 1. The number of aliphatic carboxylic acids is 1. The highest BCUT2D eigenvalue weighted by atomic mass is 16.5. The molecule has 1 aromatic rings. The van der Waals surface area contributed by atoms with Gasteiger partial charge in [0.05, 0.1) is 13.7 Å². The molecule has 0 aliphatic rings. The maximum Gasteiger partial charge on any atom is 0.334 e. The minimum absolute atomic E-state index is 0.234. The summed E-state index contributed by atoms with van der Waals surface area (Å²) < 4.78 is 10.6. The second-order valence-corrected chi connectivity index (χ2v) is 4.07. The fourth-order valence-electron chi connectivity index (χ4n) is 1.68. The van der Waals surface area contributed by atoms with E-state index in [-0.39, 0.29) is 6.42 Å². The summed E-state index contributed by atoms with van der Waals surface area (Å²) in [6.07, 6.45) is -1.35. The predicted molar refractivity (Wildman–Crippen MR) is 69.5 cm³/mol. The van der Waals surface area contributed by atoms with E-state index in [1.807, 2.05) is 6.92 Å². The molecule has 6 nitrogen and oxygen atoms in total. The number of carbonyl (C=O) groups is 1. The first-order valence-corrected chi connectivity index (χ1v) is 5.95. The van der Waals surface area contributed by atoms with Crippen molar-refractivity contribution in [1.82, 2.24) is 0 Å². The number of methoxy groups -OCH3 is 1. The Balaban J connectivity index is 2.84. The lowest BCUT2D eigenvalue weighted by molar-refractivity contribution is -0.147. The second-order valence-electron chi connectivity index (χ2n) is 4.07. The van der Waals surface area contributed by atoms with Gasteiger partial charge in [0.1, 0.15) is 0 Å². The molecule has 2 atom stereocenters. The first kappa shape index (κ1) is 15.3. The van der Waals surface area contributed by atoms with Gasteiger partial charge in [0.25, 0.3) is 0 Å². The van der Waals surface area contributed by atoms with Crippen LogP contribution in [0.2, 0.25) is 0 Å². The molecule has 4 N–H and O–H groups in total. The lowest BCUT2D eigenvalue weighted by Crippen LogP contribution is -2.41. The standard InChI is InChI=1S/C13H19NO5/c1-3-19-11-7-8(4-5-10(11)18-2)6-9(14)12(15)13(16)17/h4-5,7,9,12,15H,3,6,14H2,1-2H3,(H,16,17). The molecule has 0 spiro atoms. The van der Waals surface area contributed by atoms with E-state index in [9.17, 15) is 9.90 Å². The monoisotopic (exact) mass is 269 g/mol. The second kappa shape index (κ2) is 6.96. The molecular weight excluding hydrogens is 250 g/mol.